The third kappa shape index (κ3) is 4.25. The summed E-state index contributed by atoms with van der Waals surface area (Å²) < 4.78 is 43.5. The van der Waals surface area contributed by atoms with Crippen LogP contribution in [0.25, 0.3) is 10.8 Å². The summed E-state index contributed by atoms with van der Waals surface area (Å²) in [7, 11) is 0. The van der Waals surface area contributed by atoms with Gasteiger partial charge in [0.05, 0.1) is 11.5 Å². The van der Waals surface area contributed by atoms with E-state index in [9.17, 15) is 23.1 Å². The maximum Gasteiger partial charge on any atom is 0.406 e. The first-order valence-electron chi connectivity index (χ1n) is 11.4. The van der Waals surface area contributed by atoms with E-state index in [0.717, 1.165) is 42.6 Å². The maximum absolute atomic E-state index is 14.5. The standard InChI is InChI=1S/C25H30F3NO3/c1-24(23(30)31,20-14-7-10-17-9-5-6-13-19(17)20)21-15-8-16-29(22(21)25(26,27)28)32-18-11-3-2-4-12-18/h5-7,9-10,13-14,18,21-22H,2-4,8,11-12,15-16H2,1H3,(H,30,31). The molecule has 32 heavy (non-hydrogen) atoms. The highest BCUT2D eigenvalue weighted by Crippen LogP contribution is 2.48. The van der Waals surface area contributed by atoms with E-state index in [1.54, 1.807) is 24.3 Å². The minimum atomic E-state index is -4.61. The van der Waals surface area contributed by atoms with Crippen LogP contribution in [0.1, 0.15) is 57.4 Å². The molecule has 3 atom stereocenters. The number of rotatable bonds is 5. The lowest BCUT2D eigenvalue weighted by molar-refractivity contribution is -0.319. The van der Waals surface area contributed by atoms with E-state index in [1.807, 2.05) is 18.2 Å². The van der Waals surface area contributed by atoms with Crippen molar-refractivity contribution in [2.75, 3.05) is 6.54 Å². The van der Waals surface area contributed by atoms with Gasteiger partial charge in [-0.3, -0.25) is 9.63 Å². The molecular formula is C25H30F3NO3. The van der Waals surface area contributed by atoms with Gasteiger partial charge in [-0.25, -0.2) is 0 Å². The number of carboxylic acids is 1. The summed E-state index contributed by atoms with van der Waals surface area (Å²) in [6.07, 6.45) is 0.225. The van der Waals surface area contributed by atoms with Crippen LogP contribution >= 0.6 is 0 Å². The predicted molar refractivity (Wildman–Crippen MR) is 116 cm³/mol. The van der Waals surface area contributed by atoms with Gasteiger partial charge in [-0.2, -0.15) is 18.2 Å². The third-order valence-electron chi connectivity index (χ3n) is 7.29. The fourth-order valence-electron chi connectivity index (χ4n) is 5.59. The van der Waals surface area contributed by atoms with Crippen molar-refractivity contribution in [3.63, 3.8) is 0 Å². The molecular weight excluding hydrogens is 419 g/mol. The molecule has 2 fully saturated rings. The van der Waals surface area contributed by atoms with Gasteiger partial charge in [0, 0.05) is 12.5 Å². The van der Waals surface area contributed by atoms with E-state index in [-0.39, 0.29) is 19.1 Å². The molecule has 1 saturated carbocycles. The second-order valence-electron chi connectivity index (χ2n) is 9.28. The molecule has 2 aromatic carbocycles. The molecule has 1 heterocycles. The lowest BCUT2D eigenvalue weighted by Crippen LogP contribution is -2.61. The smallest absolute Gasteiger partial charge is 0.406 e. The van der Waals surface area contributed by atoms with Crippen LogP contribution in [0.4, 0.5) is 13.2 Å². The highest BCUT2D eigenvalue weighted by Gasteiger charge is 2.59. The molecule has 7 heteroatoms. The number of alkyl halides is 3. The Morgan fingerprint density at radius 2 is 1.69 bits per heavy atom. The second-order valence-corrected chi connectivity index (χ2v) is 9.28. The number of carboxylic acid groups (broad SMARTS) is 1. The van der Waals surface area contributed by atoms with Crippen LogP contribution in [0.3, 0.4) is 0 Å². The summed E-state index contributed by atoms with van der Waals surface area (Å²) in [5, 5.41) is 12.9. The first-order valence-corrected chi connectivity index (χ1v) is 11.4. The zero-order chi connectivity index (χ0) is 22.9. The van der Waals surface area contributed by atoms with Gasteiger partial charge in [0.1, 0.15) is 6.04 Å². The van der Waals surface area contributed by atoms with Crippen molar-refractivity contribution in [1.29, 1.82) is 0 Å². The fourth-order valence-corrected chi connectivity index (χ4v) is 5.59. The zero-order valence-corrected chi connectivity index (χ0v) is 18.3. The number of hydrogen-bond acceptors (Lipinski definition) is 3. The maximum atomic E-state index is 14.5. The van der Waals surface area contributed by atoms with E-state index in [1.165, 1.54) is 6.92 Å². The molecule has 1 aliphatic carbocycles. The lowest BCUT2D eigenvalue weighted by Gasteiger charge is -2.48. The van der Waals surface area contributed by atoms with Crippen LogP contribution in [0.5, 0.6) is 0 Å². The average molecular weight is 450 g/mol. The predicted octanol–water partition coefficient (Wildman–Crippen LogP) is 6.09. The molecule has 0 spiro atoms. The van der Waals surface area contributed by atoms with Crippen LogP contribution in [-0.2, 0) is 15.0 Å². The summed E-state index contributed by atoms with van der Waals surface area (Å²) >= 11 is 0. The summed E-state index contributed by atoms with van der Waals surface area (Å²) in [4.78, 5) is 18.6. The van der Waals surface area contributed by atoms with Gasteiger partial charge in [-0.15, -0.1) is 0 Å². The number of piperidine rings is 1. The fraction of sp³-hybridized carbons (Fsp3) is 0.560. The Labute approximate surface area is 186 Å². The molecule has 0 bridgehead atoms. The Balaban J connectivity index is 1.78. The Bertz CT molecular complexity index is 952. The largest absolute Gasteiger partial charge is 0.481 e. The van der Waals surface area contributed by atoms with Crippen LogP contribution in [-0.4, -0.2) is 41.0 Å². The molecule has 174 valence electrons. The van der Waals surface area contributed by atoms with Crippen molar-refractivity contribution < 1.29 is 27.9 Å². The van der Waals surface area contributed by atoms with E-state index >= 15 is 0 Å². The molecule has 4 nitrogen and oxygen atoms in total. The normalized spacial score (nSPS) is 25.5. The second kappa shape index (κ2) is 9.02. The number of benzene rings is 2. The van der Waals surface area contributed by atoms with Crippen molar-refractivity contribution in [3.8, 4) is 0 Å². The van der Waals surface area contributed by atoms with E-state index in [0.29, 0.717) is 17.4 Å². The molecule has 2 aliphatic rings. The van der Waals surface area contributed by atoms with Crippen LogP contribution in [0, 0.1) is 5.92 Å². The molecule has 3 unspecified atom stereocenters. The van der Waals surface area contributed by atoms with Crippen molar-refractivity contribution in [3.05, 3.63) is 48.0 Å². The number of hydroxylamine groups is 2. The zero-order valence-electron chi connectivity index (χ0n) is 18.3. The average Bonchev–Trinajstić information content (AvgIpc) is 2.78. The molecule has 1 aliphatic heterocycles. The van der Waals surface area contributed by atoms with E-state index < -0.39 is 29.5 Å². The Hall–Kier alpha value is -2.12. The highest BCUT2D eigenvalue weighted by molar-refractivity contribution is 5.93. The van der Waals surface area contributed by atoms with Gasteiger partial charge in [0.25, 0.3) is 0 Å². The van der Waals surface area contributed by atoms with Crippen molar-refractivity contribution >= 4 is 16.7 Å². The number of carbonyl (C=O) groups is 1. The van der Waals surface area contributed by atoms with Crippen LogP contribution < -0.4 is 0 Å². The molecule has 0 amide bonds. The summed E-state index contributed by atoms with van der Waals surface area (Å²) in [5.74, 6) is -2.42. The summed E-state index contributed by atoms with van der Waals surface area (Å²) in [6.45, 7) is 1.60. The Morgan fingerprint density at radius 1 is 1.00 bits per heavy atom. The molecule has 2 aromatic rings. The molecule has 0 radical (unpaired) electrons. The lowest BCUT2D eigenvalue weighted by atomic mass is 9.64. The van der Waals surface area contributed by atoms with Crippen molar-refractivity contribution in [1.82, 2.24) is 5.06 Å². The van der Waals surface area contributed by atoms with Crippen LogP contribution in [0.15, 0.2) is 42.5 Å². The van der Waals surface area contributed by atoms with Gasteiger partial charge in [-0.05, 0) is 48.9 Å². The Morgan fingerprint density at radius 3 is 2.38 bits per heavy atom. The number of aliphatic carboxylic acids is 1. The number of fused-ring (bicyclic) bond motifs is 1. The highest BCUT2D eigenvalue weighted by atomic mass is 19.4. The quantitative estimate of drug-likeness (QED) is 0.600. The van der Waals surface area contributed by atoms with Gasteiger partial charge in [-0.1, -0.05) is 61.7 Å². The van der Waals surface area contributed by atoms with Gasteiger partial charge >= 0.3 is 12.1 Å². The molecule has 1 saturated heterocycles. The van der Waals surface area contributed by atoms with Crippen LogP contribution in [0.2, 0.25) is 0 Å². The number of nitrogens with zero attached hydrogens (tertiary/aromatic N) is 1. The topological polar surface area (TPSA) is 49.8 Å². The summed E-state index contributed by atoms with van der Waals surface area (Å²) in [5.41, 5.74) is -1.31. The van der Waals surface area contributed by atoms with E-state index in [4.69, 9.17) is 4.84 Å². The third-order valence-corrected chi connectivity index (χ3v) is 7.29. The molecule has 0 aromatic heterocycles. The summed E-state index contributed by atoms with van der Waals surface area (Å²) in [6, 6.07) is 10.5. The first-order chi connectivity index (χ1) is 15.2. The first kappa shape index (κ1) is 23.1. The minimum Gasteiger partial charge on any atom is -0.481 e. The number of halogens is 3. The van der Waals surface area contributed by atoms with E-state index in [2.05, 4.69) is 0 Å². The van der Waals surface area contributed by atoms with Gasteiger partial charge < -0.3 is 5.11 Å². The van der Waals surface area contributed by atoms with Gasteiger partial charge in [0.2, 0.25) is 0 Å². The SMILES string of the molecule is CC(C(=O)O)(c1cccc2ccccc12)C1CCCN(OC2CCCCC2)C1C(F)(F)F. The van der Waals surface area contributed by atoms with Gasteiger partial charge in [0.15, 0.2) is 0 Å². The molecule has 4 rings (SSSR count). The molecule has 1 N–H and O–H groups in total. The van der Waals surface area contributed by atoms with Crippen molar-refractivity contribution in [2.24, 2.45) is 5.92 Å². The monoisotopic (exact) mass is 449 g/mol. The van der Waals surface area contributed by atoms with Crippen molar-refractivity contribution in [2.45, 2.75) is 75.6 Å². The number of hydrogen-bond donors (Lipinski definition) is 1. The minimum absolute atomic E-state index is 0.155. The Kier molecular flexibility index (Phi) is 6.50.